The van der Waals surface area contributed by atoms with E-state index in [1.807, 2.05) is 65.6 Å². The van der Waals surface area contributed by atoms with E-state index in [2.05, 4.69) is 21.2 Å². The van der Waals surface area contributed by atoms with Crippen molar-refractivity contribution in [2.24, 2.45) is 5.92 Å². The summed E-state index contributed by atoms with van der Waals surface area (Å²) in [7, 11) is 0. The van der Waals surface area contributed by atoms with Gasteiger partial charge in [-0.3, -0.25) is 14.3 Å². The Hall–Kier alpha value is -3.41. The molecule has 2 atom stereocenters. The van der Waals surface area contributed by atoms with Crippen molar-refractivity contribution in [1.82, 2.24) is 15.0 Å². The number of benzene rings is 2. The summed E-state index contributed by atoms with van der Waals surface area (Å²) in [6.45, 7) is 5.44. The maximum Gasteiger partial charge on any atom is 0.439 e. The van der Waals surface area contributed by atoms with Gasteiger partial charge in [-0.15, -0.1) is 6.58 Å². The quantitative estimate of drug-likeness (QED) is 0.585. The van der Waals surface area contributed by atoms with Gasteiger partial charge in [-0.05, 0) is 42.7 Å². The zero-order valence-corrected chi connectivity index (χ0v) is 17.5. The summed E-state index contributed by atoms with van der Waals surface area (Å²) in [5, 5.41) is 3.72. The van der Waals surface area contributed by atoms with Crippen molar-refractivity contribution in [2.45, 2.75) is 31.6 Å². The number of hydrogen-bond donors (Lipinski definition) is 1. The monoisotopic (exact) mass is 417 g/mol. The van der Waals surface area contributed by atoms with Gasteiger partial charge in [0, 0.05) is 18.7 Å². The van der Waals surface area contributed by atoms with Crippen LogP contribution >= 0.6 is 0 Å². The van der Waals surface area contributed by atoms with Crippen molar-refractivity contribution in [3.8, 4) is 11.4 Å². The number of carbonyl (C=O) groups is 1. The lowest BCUT2D eigenvalue weighted by Gasteiger charge is -2.35. The number of hydrogen-bond acceptors (Lipinski definition) is 4. The molecule has 0 aliphatic carbocycles. The van der Waals surface area contributed by atoms with Gasteiger partial charge in [-0.25, -0.2) is 4.79 Å². The van der Waals surface area contributed by atoms with Crippen LogP contribution in [0.3, 0.4) is 0 Å². The number of aromatic nitrogens is 2. The fourth-order valence-corrected chi connectivity index (χ4v) is 4.37. The Morgan fingerprint density at radius 1 is 1.23 bits per heavy atom. The average Bonchev–Trinajstić information content (AvgIpc) is 3.24. The number of likely N-dealkylation sites (tertiary alicyclic amines) is 1. The maximum absolute atomic E-state index is 13.3. The molecule has 31 heavy (non-hydrogen) atoms. The van der Waals surface area contributed by atoms with Crippen LogP contribution in [0.5, 0.6) is 0 Å². The number of aromatic amines is 1. The molecule has 2 aromatic carbocycles. The molecule has 0 radical (unpaired) electrons. The number of nitrogens with one attached hydrogen (secondary N) is 1. The van der Waals surface area contributed by atoms with E-state index < -0.39 is 5.76 Å². The number of carbonyl (C=O) groups excluding carboxylic acids is 1. The van der Waals surface area contributed by atoms with Crippen LogP contribution in [-0.4, -0.2) is 34.0 Å². The second-order valence-electron chi connectivity index (χ2n) is 8.12. The van der Waals surface area contributed by atoms with E-state index >= 15 is 0 Å². The summed E-state index contributed by atoms with van der Waals surface area (Å²) in [5.41, 5.74) is 3.07. The lowest BCUT2D eigenvalue weighted by atomic mass is 9.88. The molecule has 0 bridgehead atoms. The highest BCUT2D eigenvalue weighted by atomic mass is 16.5. The van der Waals surface area contributed by atoms with E-state index in [9.17, 15) is 9.59 Å². The molecule has 1 saturated heterocycles. The minimum atomic E-state index is -0.559. The van der Waals surface area contributed by atoms with Crippen LogP contribution in [0.2, 0.25) is 0 Å². The highest BCUT2D eigenvalue weighted by Gasteiger charge is 2.29. The number of H-pyrrole nitrogens is 1. The molecule has 2 heterocycles. The average molecular weight is 418 g/mol. The lowest BCUT2D eigenvalue weighted by Crippen LogP contribution is -2.42. The Morgan fingerprint density at radius 3 is 2.68 bits per heavy atom. The Bertz CT molecular complexity index is 1070. The molecule has 1 amide bonds. The molecular weight excluding hydrogens is 390 g/mol. The van der Waals surface area contributed by atoms with Crippen LogP contribution in [0.1, 0.15) is 36.3 Å². The van der Waals surface area contributed by atoms with Crippen molar-refractivity contribution >= 4 is 5.91 Å². The molecule has 6 heteroatoms. The third-order valence-electron chi connectivity index (χ3n) is 5.93. The van der Waals surface area contributed by atoms with Crippen LogP contribution in [0.25, 0.3) is 11.4 Å². The molecule has 160 valence electrons. The highest BCUT2D eigenvalue weighted by molar-refractivity contribution is 5.84. The van der Waals surface area contributed by atoms with Gasteiger partial charge in [0.1, 0.15) is 0 Å². The smallest absolute Gasteiger partial charge is 0.342 e. The molecule has 0 spiro atoms. The topological polar surface area (TPSA) is 79.2 Å². The van der Waals surface area contributed by atoms with Crippen molar-refractivity contribution in [3.05, 3.63) is 88.9 Å². The fourth-order valence-electron chi connectivity index (χ4n) is 4.37. The first-order valence-corrected chi connectivity index (χ1v) is 10.7. The summed E-state index contributed by atoms with van der Waals surface area (Å²) < 4.78 is 4.57. The first-order valence-electron chi connectivity index (χ1n) is 10.7. The maximum atomic E-state index is 13.3. The predicted octanol–water partition coefficient (Wildman–Crippen LogP) is 4.17. The Labute approximate surface area is 181 Å². The molecule has 3 aromatic rings. The molecule has 6 nitrogen and oxygen atoms in total. The van der Waals surface area contributed by atoms with Crippen molar-refractivity contribution in [2.75, 3.05) is 13.1 Å². The molecular formula is C25H27N3O3. The number of rotatable bonds is 7. The van der Waals surface area contributed by atoms with Crippen LogP contribution in [0.15, 0.2) is 76.6 Å². The molecule has 1 aliphatic heterocycles. The normalized spacial score (nSPS) is 17.3. The minimum Gasteiger partial charge on any atom is -0.342 e. The van der Waals surface area contributed by atoms with E-state index in [-0.39, 0.29) is 11.8 Å². The molecule has 1 aromatic heterocycles. The first kappa shape index (κ1) is 20.8. The van der Waals surface area contributed by atoms with Gasteiger partial charge >= 0.3 is 5.76 Å². The van der Waals surface area contributed by atoms with Gasteiger partial charge in [-0.2, -0.15) is 0 Å². The zero-order valence-electron chi connectivity index (χ0n) is 17.5. The van der Waals surface area contributed by atoms with Crippen LogP contribution < -0.4 is 5.76 Å². The van der Waals surface area contributed by atoms with Gasteiger partial charge in [0.15, 0.2) is 5.82 Å². The van der Waals surface area contributed by atoms with E-state index in [1.54, 1.807) is 0 Å². The van der Waals surface area contributed by atoms with E-state index in [1.165, 1.54) is 5.56 Å². The van der Waals surface area contributed by atoms with Gasteiger partial charge in [0.2, 0.25) is 5.91 Å². The van der Waals surface area contributed by atoms with Crippen LogP contribution in [0.4, 0.5) is 0 Å². The second-order valence-corrected chi connectivity index (χ2v) is 8.12. The Morgan fingerprint density at radius 2 is 2.00 bits per heavy atom. The first-order chi connectivity index (χ1) is 15.1. The molecule has 1 fully saturated rings. The summed E-state index contributed by atoms with van der Waals surface area (Å²) in [6, 6.07) is 18.0. The largest absolute Gasteiger partial charge is 0.439 e. The minimum absolute atomic E-state index is 0.165. The zero-order chi connectivity index (χ0) is 21.6. The van der Waals surface area contributed by atoms with Gasteiger partial charge < -0.3 is 4.90 Å². The van der Waals surface area contributed by atoms with Gasteiger partial charge in [0.25, 0.3) is 0 Å². The standard InChI is InChI=1S/C25H27N3O3/c1-2-7-22(20-9-4-3-5-10-20)24(29)28-15-6-8-19(17-28)16-18-11-13-21(14-12-18)23-26-25(30)31-27-23/h2-5,9-14,19,22H,1,6-8,15-17H2,(H,26,27,30). The van der Waals surface area contributed by atoms with Crippen molar-refractivity contribution < 1.29 is 9.32 Å². The number of nitrogens with zero attached hydrogens (tertiary/aromatic N) is 2. The summed E-state index contributed by atoms with van der Waals surface area (Å²) in [4.78, 5) is 29.1. The van der Waals surface area contributed by atoms with Crippen molar-refractivity contribution in [3.63, 3.8) is 0 Å². The van der Waals surface area contributed by atoms with Crippen LogP contribution in [0, 0.1) is 5.92 Å². The fraction of sp³-hybridized carbons (Fsp3) is 0.320. The lowest BCUT2D eigenvalue weighted by molar-refractivity contribution is -0.134. The SMILES string of the molecule is C=CCC(C(=O)N1CCCC(Cc2ccc(-c3noc(=O)[nH]3)cc2)C1)c1ccccc1. The van der Waals surface area contributed by atoms with E-state index in [0.717, 1.165) is 43.5 Å². The molecule has 1 N–H and O–H groups in total. The molecule has 4 rings (SSSR count). The highest BCUT2D eigenvalue weighted by Crippen LogP contribution is 2.28. The van der Waals surface area contributed by atoms with Gasteiger partial charge in [-0.1, -0.05) is 65.8 Å². The Kier molecular flexibility index (Phi) is 6.46. The Balaban J connectivity index is 1.41. The predicted molar refractivity (Wildman–Crippen MR) is 120 cm³/mol. The van der Waals surface area contributed by atoms with Crippen molar-refractivity contribution in [1.29, 1.82) is 0 Å². The third-order valence-corrected chi connectivity index (χ3v) is 5.93. The third kappa shape index (κ3) is 5.02. The van der Waals surface area contributed by atoms with E-state index in [4.69, 9.17) is 0 Å². The summed E-state index contributed by atoms with van der Waals surface area (Å²) in [5.74, 6) is 0.328. The van der Waals surface area contributed by atoms with Crippen LogP contribution in [-0.2, 0) is 11.2 Å². The second kappa shape index (κ2) is 9.60. The molecule has 1 aliphatic rings. The number of amides is 1. The van der Waals surface area contributed by atoms with E-state index in [0.29, 0.717) is 18.2 Å². The van der Waals surface area contributed by atoms with Gasteiger partial charge in [0.05, 0.1) is 5.92 Å². The summed E-state index contributed by atoms with van der Waals surface area (Å²) in [6.07, 6.45) is 5.52. The molecule has 0 saturated carbocycles. The summed E-state index contributed by atoms with van der Waals surface area (Å²) >= 11 is 0. The molecule has 2 unspecified atom stereocenters. The number of allylic oxidation sites excluding steroid dienone is 1. The number of piperidine rings is 1.